The van der Waals surface area contributed by atoms with Crippen LogP contribution in [0.15, 0.2) is 78.9 Å². The minimum Gasteiger partial charge on any atom is -0.493 e. The molecule has 1 fully saturated rings. The Morgan fingerprint density at radius 2 is 1.62 bits per heavy atom. The van der Waals surface area contributed by atoms with Crippen molar-refractivity contribution in [3.8, 4) is 5.75 Å². The molecule has 0 aromatic heterocycles. The van der Waals surface area contributed by atoms with E-state index in [2.05, 4.69) is 83.8 Å². The van der Waals surface area contributed by atoms with Crippen LogP contribution < -0.4 is 4.74 Å². The molecule has 1 saturated heterocycles. The summed E-state index contributed by atoms with van der Waals surface area (Å²) in [5.41, 5.74) is 5.73. The topological polar surface area (TPSA) is 12.5 Å². The minimum absolute atomic E-state index is 0.486. The fourth-order valence-electron chi connectivity index (χ4n) is 5.08. The number of hydrogen-bond donors (Lipinski definition) is 0. The van der Waals surface area contributed by atoms with Crippen LogP contribution in [0.2, 0.25) is 0 Å². The van der Waals surface area contributed by atoms with Crippen molar-refractivity contribution < 1.29 is 4.74 Å². The Balaban J connectivity index is 1.27. The first-order valence-electron chi connectivity index (χ1n) is 10.9. The maximum Gasteiger partial charge on any atom is 0.122 e. The van der Waals surface area contributed by atoms with Crippen molar-refractivity contribution in [2.24, 2.45) is 5.92 Å². The predicted octanol–water partition coefficient (Wildman–Crippen LogP) is 5.32. The molecule has 3 aromatic rings. The Bertz CT molecular complexity index is 898. The summed E-state index contributed by atoms with van der Waals surface area (Å²) < 4.78 is 5.65. The zero-order valence-corrected chi connectivity index (χ0v) is 17.0. The molecule has 0 saturated carbocycles. The van der Waals surface area contributed by atoms with Gasteiger partial charge in [0.2, 0.25) is 0 Å². The average molecular weight is 384 g/mol. The molecule has 2 nitrogen and oxygen atoms in total. The molecule has 29 heavy (non-hydrogen) atoms. The Labute approximate surface area is 174 Å². The number of fused-ring (bicyclic) bond motifs is 1. The highest BCUT2D eigenvalue weighted by Gasteiger charge is 2.31. The van der Waals surface area contributed by atoms with E-state index in [4.69, 9.17) is 4.74 Å². The number of benzene rings is 3. The molecular weight excluding hydrogens is 354 g/mol. The molecule has 0 spiro atoms. The van der Waals surface area contributed by atoms with Crippen LogP contribution in [0.5, 0.6) is 5.75 Å². The summed E-state index contributed by atoms with van der Waals surface area (Å²) in [5, 5.41) is 0. The third-order valence-corrected chi connectivity index (χ3v) is 6.57. The largest absolute Gasteiger partial charge is 0.493 e. The quantitative estimate of drug-likeness (QED) is 0.571. The molecule has 0 aliphatic carbocycles. The van der Waals surface area contributed by atoms with E-state index in [1.54, 1.807) is 0 Å². The van der Waals surface area contributed by atoms with Crippen molar-refractivity contribution in [3.05, 3.63) is 101 Å². The van der Waals surface area contributed by atoms with Crippen molar-refractivity contribution in [1.82, 2.24) is 4.90 Å². The fourth-order valence-corrected chi connectivity index (χ4v) is 5.08. The summed E-state index contributed by atoms with van der Waals surface area (Å²) in [7, 11) is 0. The van der Waals surface area contributed by atoms with Crippen molar-refractivity contribution in [2.75, 3.05) is 26.2 Å². The van der Waals surface area contributed by atoms with Crippen molar-refractivity contribution in [1.29, 1.82) is 0 Å². The van der Waals surface area contributed by atoms with Gasteiger partial charge in [0.15, 0.2) is 0 Å². The van der Waals surface area contributed by atoms with Gasteiger partial charge >= 0.3 is 0 Å². The highest BCUT2D eigenvalue weighted by molar-refractivity contribution is 5.40. The number of hydrogen-bond acceptors (Lipinski definition) is 2. The third kappa shape index (κ3) is 4.09. The molecule has 2 heteroatoms. The van der Waals surface area contributed by atoms with Crippen molar-refractivity contribution >= 4 is 0 Å². The lowest BCUT2D eigenvalue weighted by molar-refractivity contribution is 0.322. The molecule has 3 aromatic carbocycles. The van der Waals surface area contributed by atoms with Crippen LogP contribution in [-0.2, 0) is 12.8 Å². The van der Waals surface area contributed by atoms with Gasteiger partial charge in [-0.2, -0.15) is 0 Å². The predicted molar refractivity (Wildman–Crippen MR) is 119 cm³/mol. The van der Waals surface area contributed by atoms with Crippen molar-refractivity contribution in [3.63, 3.8) is 0 Å². The summed E-state index contributed by atoms with van der Waals surface area (Å²) in [6.07, 6.45) is 3.46. The maximum absolute atomic E-state index is 5.65. The van der Waals surface area contributed by atoms with Gasteiger partial charge in [0.1, 0.15) is 5.75 Å². The molecule has 0 amide bonds. The minimum atomic E-state index is 0.486. The molecule has 0 radical (unpaired) electrons. The summed E-state index contributed by atoms with van der Waals surface area (Å²) >= 11 is 0. The summed E-state index contributed by atoms with van der Waals surface area (Å²) in [4.78, 5) is 2.66. The number of rotatable bonds is 6. The molecule has 2 aliphatic rings. The zero-order valence-electron chi connectivity index (χ0n) is 17.0. The molecular formula is C27H29NO. The lowest BCUT2D eigenvalue weighted by atomic mass is 9.80. The Morgan fingerprint density at radius 1 is 0.897 bits per heavy atom. The number of likely N-dealkylation sites (tertiary alicyclic amines) is 1. The van der Waals surface area contributed by atoms with Gasteiger partial charge in [0.05, 0.1) is 6.61 Å². The van der Waals surface area contributed by atoms with Gasteiger partial charge in [-0.3, -0.25) is 0 Å². The fraction of sp³-hybridized carbons (Fsp3) is 0.333. The van der Waals surface area contributed by atoms with Crippen LogP contribution in [0, 0.1) is 5.92 Å². The van der Waals surface area contributed by atoms with E-state index < -0.39 is 0 Å². The van der Waals surface area contributed by atoms with Gasteiger partial charge in [-0.15, -0.1) is 0 Å². The lowest BCUT2D eigenvalue weighted by Crippen LogP contribution is -2.25. The van der Waals surface area contributed by atoms with Gasteiger partial charge in [0, 0.05) is 25.4 Å². The number of ether oxygens (including phenoxy) is 1. The number of nitrogens with zero attached hydrogens (tertiary/aromatic N) is 1. The van der Waals surface area contributed by atoms with Crippen LogP contribution in [0.4, 0.5) is 0 Å². The van der Waals surface area contributed by atoms with Crippen LogP contribution in [0.25, 0.3) is 0 Å². The Kier molecular flexibility index (Phi) is 5.36. The van der Waals surface area contributed by atoms with E-state index in [0.29, 0.717) is 11.8 Å². The molecule has 5 rings (SSSR count). The monoisotopic (exact) mass is 383 g/mol. The van der Waals surface area contributed by atoms with E-state index in [1.807, 2.05) is 0 Å². The Morgan fingerprint density at radius 3 is 2.34 bits per heavy atom. The van der Waals surface area contributed by atoms with E-state index in [0.717, 1.165) is 31.7 Å². The first kappa shape index (κ1) is 18.4. The second kappa shape index (κ2) is 8.42. The van der Waals surface area contributed by atoms with Crippen LogP contribution >= 0.6 is 0 Å². The summed E-state index contributed by atoms with van der Waals surface area (Å²) in [6, 6.07) is 28.9. The van der Waals surface area contributed by atoms with Crippen LogP contribution in [-0.4, -0.2) is 31.1 Å². The van der Waals surface area contributed by atoms with E-state index in [9.17, 15) is 0 Å². The summed E-state index contributed by atoms with van der Waals surface area (Å²) in [6.45, 7) is 4.37. The van der Waals surface area contributed by atoms with Crippen molar-refractivity contribution in [2.45, 2.75) is 25.2 Å². The summed E-state index contributed by atoms with van der Waals surface area (Å²) in [5.74, 6) is 2.25. The van der Waals surface area contributed by atoms with Gasteiger partial charge in [0.25, 0.3) is 0 Å². The SMILES string of the molecule is c1ccc(C(c2ccccc2)C2CCN(CCc3ccc4c(c3)CCO4)C2)cc1. The molecule has 2 heterocycles. The van der Waals surface area contributed by atoms with Crippen LogP contribution in [0.3, 0.4) is 0 Å². The highest BCUT2D eigenvalue weighted by Crippen LogP contribution is 2.37. The standard InChI is InChI=1S/C27H29NO/c1-3-7-22(8-4-1)27(23-9-5-2-6-10-23)25-14-17-28(20-25)16-13-21-11-12-26-24(19-21)15-18-29-26/h1-12,19,25,27H,13-18,20H2. The van der Waals surface area contributed by atoms with Gasteiger partial charge in [-0.1, -0.05) is 72.8 Å². The van der Waals surface area contributed by atoms with E-state index in [1.165, 1.54) is 41.8 Å². The third-order valence-electron chi connectivity index (χ3n) is 6.57. The first-order chi connectivity index (χ1) is 14.4. The second-order valence-electron chi connectivity index (χ2n) is 8.44. The van der Waals surface area contributed by atoms with Gasteiger partial charge in [-0.25, -0.2) is 0 Å². The normalized spacial score (nSPS) is 18.7. The Hall–Kier alpha value is -2.58. The lowest BCUT2D eigenvalue weighted by Gasteiger charge is -2.25. The van der Waals surface area contributed by atoms with Gasteiger partial charge < -0.3 is 9.64 Å². The second-order valence-corrected chi connectivity index (χ2v) is 8.44. The molecule has 0 N–H and O–H groups in total. The smallest absolute Gasteiger partial charge is 0.122 e. The first-order valence-corrected chi connectivity index (χ1v) is 10.9. The molecule has 1 unspecified atom stereocenters. The highest BCUT2D eigenvalue weighted by atomic mass is 16.5. The molecule has 2 aliphatic heterocycles. The molecule has 0 bridgehead atoms. The molecule has 1 atom stereocenters. The van der Waals surface area contributed by atoms with Crippen LogP contribution in [0.1, 0.15) is 34.6 Å². The van der Waals surface area contributed by atoms with E-state index in [-0.39, 0.29) is 0 Å². The molecule has 148 valence electrons. The maximum atomic E-state index is 5.65. The zero-order chi connectivity index (χ0) is 19.5. The van der Waals surface area contributed by atoms with E-state index >= 15 is 0 Å². The van der Waals surface area contributed by atoms with Gasteiger partial charge in [-0.05, 0) is 53.6 Å². The average Bonchev–Trinajstić information content (AvgIpc) is 3.43.